The summed E-state index contributed by atoms with van der Waals surface area (Å²) < 4.78 is 46.8. The molecule has 0 aromatic carbocycles. The number of carbonyl (C=O) groups excluding carboxylic acids is 2. The molecule has 4 unspecified atom stereocenters. The minimum atomic E-state index is -5.76. The summed E-state index contributed by atoms with van der Waals surface area (Å²) in [6.45, 7) is -1.21. The van der Waals surface area contributed by atoms with E-state index in [1.807, 2.05) is 0 Å². The fourth-order valence-electron chi connectivity index (χ4n) is 2.69. The van der Waals surface area contributed by atoms with Crippen LogP contribution in [-0.2, 0) is 46.3 Å². The van der Waals surface area contributed by atoms with E-state index in [9.17, 15) is 58.2 Å². The van der Waals surface area contributed by atoms with E-state index < -0.39 is 82.5 Å². The van der Waals surface area contributed by atoms with Gasteiger partial charge in [-0.05, 0) is 0 Å². The van der Waals surface area contributed by atoms with Crippen LogP contribution in [0.2, 0.25) is 0 Å². The highest BCUT2D eigenvalue weighted by Crippen LogP contribution is 2.61. The van der Waals surface area contributed by atoms with E-state index in [2.05, 4.69) is 18.1 Å². The Balaban J connectivity index is 2.04. The zero-order chi connectivity index (χ0) is 28.1. The number of hydrogen-bond acceptors (Lipinski definition) is 15. The first kappa shape index (κ1) is 30.8. The Hall–Kier alpha value is -2.45. The Morgan fingerprint density at radius 2 is 1.76 bits per heavy atom. The predicted molar refractivity (Wildman–Crippen MR) is 109 cm³/mol. The van der Waals surface area contributed by atoms with Gasteiger partial charge in [0.15, 0.2) is 31.2 Å². The van der Waals surface area contributed by atoms with Crippen molar-refractivity contribution < 1.29 is 76.6 Å². The molecule has 20 nitrogen and oxygen atoms in total. The summed E-state index contributed by atoms with van der Waals surface area (Å²) in [7, 11) is -11.4. The van der Waals surface area contributed by atoms with Crippen molar-refractivity contribution in [2.45, 2.75) is 43.0 Å². The van der Waals surface area contributed by atoms with Crippen LogP contribution in [0.25, 0.3) is 0 Å². The molecule has 22 heteroatoms. The Labute approximate surface area is 203 Å². The lowest BCUT2D eigenvalue weighted by Crippen LogP contribution is -2.60. The molecule has 1 aromatic rings. The fraction of sp³-hybridized carbons (Fsp3) is 0.533. The van der Waals surface area contributed by atoms with Crippen molar-refractivity contribution in [3.63, 3.8) is 0 Å². The lowest BCUT2D eigenvalue weighted by Gasteiger charge is -2.38. The number of ether oxygens (including phenoxy) is 2. The number of aliphatic hydroxyl groups excluding tert-OH is 3. The number of carbonyl (C=O) groups is 3. The van der Waals surface area contributed by atoms with Gasteiger partial charge in [0, 0.05) is 12.3 Å². The number of aldehydes is 2. The van der Waals surface area contributed by atoms with Crippen LogP contribution in [-0.4, -0.2) is 102 Å². The van der Waals surface area contributed by atoms with Gasteiger partial charge in [0.05, 0.1) is 6.61 Å². The molecule has 2 heterocycles. The molecule has 1 aliphatic heterocycles. The van der Waals surface area contributed by atoms with E-state index in [0.717, 1.165) is 12.3 Å². The van der Waals surface area contributed by atoms with Crippen LogP contribution in [0.15, 0.2) is 21.9 Å². The van der Waals surface area contributed by atoms with Gasteiger partial charge < -0.3 is 44.5 Å². The van der Waals surface area contributed by atoms with Gasteiger partial charge in [0.25, 0.3) is 5.56 Å². The molecule has 1 saturated heterocycles. The molecule has 0 amide bonds. The number of rotatable bonds is 13. The predicted octanol–water partition coefficient (Wildman–Crippen LogP) is -4.04. The van der Waals surface area contributed by atoms with Crippen LogP contribution in [0, 0.1) is 0 Å². The number of phosphoric ester groups is 2. The zero-order valence-electron chi connectivity index (χ0n) is 18.0. The highest BCUT2D eigenvalue weighted by atomic mass is 31.3. The van der Waals surface area contributed by atoms with E-state index in [1.165, 1.54) is 0 Å². The number of aliphatic carboxylic acids is 1. The van der Waals surface area contributed by atoms with E-state index in [1.54, 1.807) is 4.98 Å². The summed E-state index contributed by atoms with van der Waals surface area (Å²) in [5.41, 5.74) is -1.93. The number of carboxylic acid groups (broad SMARTS) is 1. The van der Waals surface area contributed by atoms with Gasteiger partial charge in [-0.1, -0.05) is 0 Å². The van der Waals surface area contributed by atoms with Crippen molar-refractivity contribution >= 4 is 34.2 Å². The Morgan fingerprint density at radius 3 is 2.30 bits per heavy atom. The molecule has 7 N–H and O–H groups in total. The van der Waals surface area contributed by atoms with Gasteiger partial charge in [-0.15, -0.1) is 0 Å². The van der Waals surface area contributed by atoms with Gasteiger partial charge in [0.2, 0.25) is 0 Å². The average Bonchev–Trinajstić information content (AvgIpc) is 2.79. The maximum atomic E-state index is 12.1. The first-order valence-corrected chi connectivity index (χ1v) is 12.6. The molecule has 1 aliphatic rings. The molecule has 0 radical (unpaired) electrons. The summed E-state index contributed by atoms with van der Waals surface area (Å²) in [6.07, 6.45) is -14.3. The van der Waals surface area contributed by atoms with Gasteiger partial charge in [-0.2, -0.15) is 4.31 Å². The lowest BCUT2D eigenvalue weighted by molar-refractivity contribution is -0.274. The molecule has 9 atom stereocenters. The monoisotopic (exact) mass is 578 g/mol. The topological polar surface area (TPSA) is 308 Å². The zero-order valence-corrected chi connectivity index (χ0v) is 19.8. The largest absolute Gasteiger partial charge is 0.483 e. The normalized spacial score (nSPS) is 28.8. The van der Waals surface area contributed by atoms with E-state index in [0.29, 0.717) is 4.57 Å². The van der Waals surface area contributed by atoms with Crippen molar-refractivity contribution in [2.24, 2.45) is 0 Å². The number of hydrogen-bond donors (Lipinski definition) is 7. The van der Waals surface area contributed by atoms with Crippen LogP contribution in [0.5, 0.6) is 0 Å². The number of carboxylic acids is 1. The average molecular weight is 578 g/mol. The molecule has 0 saturated carbocycles. The standard InChI is InChI=1S/C15H20N2O18P2/c18-3-6(32-8(4-19)17-2-1-7(20)16-15(17)26)5-31-36(27,28)35-37(29,30)34-14-11(23)9(21)10(22)12(33-14)13(24)25/h1-4,6,8-12,14,21-23H,5H2,(H,24,25)(H,27,28)(H,29,30)(H,16,20,26)/t6?,8?,9-,10-,11+,12-,14+/m0/s1. The first-order valence-electron chi connectivity index (χ1n) is 9.60. The second-order valence-electron chi connectivity index (χ2n) is 7.01. The van der Waals surface area contributed by atoms with Crippen LogP contribution in [0.1, 0.15) is 6.23 Å². The number of nitrogens with one attached hydrogen (secondary N) is 1. The second-order valence-corrected chi connectivity index (χ2v) is 10.0. The molecule has 0 aliphatic carbocycles. The van der Waals surface area contributed by atoms with Crippen molar-refractivity contribution in [2.75, 3.05) is 6.61 Å². The van der Waals surface area contributed by atoms with Crippen LogP contribution in [0.4, 0.5) is 0 Å². The quantitative estimate of drug-likeness (QED) is 0.0865. The Bertz CT molecular complexity index is 1200. The van der Waals surface area contributed by atoms with Crippen LogP contribution >= 0.6 is 15.6 Å². The highest BCUT2D eigenvalue weighted by molar-refractivity contribution is 7.61. The molecule has 2 rings (SSSR count). The summed E-state index contributed by atoms with van der Waals surface area (Å²) in [4.78, 5) is 77.6. The number of nitrogens with zero attached hydrogens (tertiary/aromatic N) is 1. The van der Waals surface area contributed by atoms with Crippen molar-refractivity contribution in [3.8, 4) is 0 Å². The molecule has 1 aromatic heterocycles. The smallest absolute Gasteiger partial charge is 0.479 e. The Kier molecular flexibility index (Phi) is 10.3. The number of aliphatic hydroxyl groups is 3. The minimum absolute atomic E-state index is 0.0201. The molecule has 0 bridgehead atoms. The Morgan fingerprint density at radius 1 is 1.11 bits per heavy atom. The maximum Gasteiger partial charge on any atom is 0.483 e. The SMILES string of the molecule is O=CC(COP(=O)(O)OP(=O)(O)O[C@H]1O[C@H](C(=O)O)[C@@H](O)[C@H](O)[C@H]1O)OC(C=O)n1ccc(=O)[nH]c1=O. The molecule has 0 spiro atoms. The van der Waals surface area contributed by atoms with Crippen LogP contribution in [0.3, 0.4) is 0 Å². The lowest BCUT2D eigenvalue weighted by atomic mass is 9.99. The van der Waals surface area contributed by atoms with E-state index in [4.69, 9.17) is 9.84 Å². The third-order valence-electron chi connectivity index (χ3n) is 4.37. The van der Waals surface area contributed by atoms with Crippen molar-refractivity contribution in [1.29, 1.82) is 0 Å². The fourth-order valence-corrected chi connectivity index (χ4v) is 4.85. The van der Waals surface area contributed by atoms with Gasteiger partial charge in [-0.25, -0.2) is 18.7 Å². The summed E-state index contributed by atoms with van der Waals surface area (Å²) in [5.74, 6) is -1.87. The molecular weight excluding hydrogens is 558 g/mol. The number of H-pyrrole nitrogens is 1. The number of aromatic nitrogens is 2. The maximum absolute atomic E-state index is 12.1. The van der Waals surface area contributed by atoms with Crippen LogP contribution < -0.4 is 11.2 Å². The summed E-state index contributed by atoms with van der Waals surface area (Å²) >= 11 is 0. The second kappa shape index (κ2) is 12.4. The molecule has 37 heavy (non-hydrogen) atoms. The summed E-state index contributed by atoms with van der Waals surface area (Å²) in [5, 5.41) is 38.0. The molecular formula is C15H20N2O18P2. The molecule has 208 valence electrons. The first-order chi connectivity index (χ1) is 17.1. The third kappa shape index (κ3) is 8.27. The van der Waals surface area contributed by atoms with Crippen molar-refractivity contribution in [1.82, 2.24) is 9.55 Å². The minimum Gasteiger partial charge on any atom is -0.479 e. The third-order valence-corrected chi connectivity index (χ3v) is 6.97. The van der Waals surface area contributed by atoms with E-state index in [-0.39, 0.29) is 12.6 Å². The van der Waals surface area contributed by atoms with E-state index >= 15 is 0 Å². The highest BCUT2D eigenvalue weighted by Gasteiger charge is 2.50. The molecule has 1 fully saturated rings. The van der Waals surface area contributed by atoms with Crippen molar-refractivity contribution in [3.05, 3.63) is 33.1 Å². The number of aromatic amines is 1. The number of phosphoric acid groups is 2. The van der Waals surface area contributed by atoms with Gasteiger partial charge >= 0.3 is 27.3 Å². The summed E-state index contributed by atoms with van der Waals surface area (Å²) in [6, 6.07) is 0.841. The van der Waals surface area contributed by atoms with Gasteiger partial charge in [0.1, 0.15) is 24.4 Å². The van der Waals surface area contributed by atoms with Gasteiger partial charge in [-0.3, -0.25) is 28.2 Å².